The van der Waals surface area contributed by atoms with E-state index in [1.54, 1.807) is 18.7 Å². The topological polar surface area (TPSA) is 38.7 Å². The van der Waals surface area contributed by atoms with Crippen molar-refractivity contribution in [3.63, 3.8) is 0 Å². The Morgan fingerprint density at radius 1 is 0.923 bits per heavy atom. The molecule has 0 amide bonds. The fraction of sp³-hybridized carbons (Fsp3) is 0. The third kappa shape index (κ3) is 2.34. The number of hydrogen-bond donors (Lipinski definition) is 0. The Kier molecular flexibility index (Phi) is 2.65. The average molecular weight is 236 g/mol. The van der Waals surface area contributed by atoms with E-state index in [0.717, 1.165) is 9.18 Å². The van der Waals surface area contributed by atoms with Crippen molar-refractivity contribution < 1.29 is 0 Å². The van der Waals surface area contributed by atoms with E-state index >= 15 is 0 Å². The first-order valence-electron chi connectivity index (χ1n) is 3.80. The van der Waals surface area contributed by atoms with E-state index in [9.17, 15) is 0 Å². The first-order chi connectivity index (χ1) is 6.45. The summed E-state index contributed by atoms with van der Waals surface area (Å²) in [4.78, 5) is 12.3. The molecule has 13 heavy (non-hydrogen) atoms. The molecule has 0 aliphatic heterocycles. The van der Waals surface area contributed by atoms with Gasteiger partial charge >= 0.3 is 82.1 Å². The van der Waals surface area contributed by atoms with Crippen LogP contribution in [0.2, 0.25) is 0 Å². The van der Waals surface area contributed by atoms with Crippen molar-refractivity contribution in [2.75, 3.05) is 0 Å². The Morgan fingerprint density at radius 3 is 2.54 bits per heavy atom. The van der Waals surface area contributed by atoms with Crippen LogP contribution in [0.1, 0.15) is 0 Å². The SMILES string of the molecule is c1ccc([Se]c2ccncn2)nc1. The van der Waals surface area contributed by atoms with Gasteiger partial charge in [-0.2, -0.15) is 0 Å². The van der Waals surface area contributed by atoms with Gasteiger partial charge in [0.05, 0.1) is 0 Å². The molecule has 2 rings (SSSR count). The molecule has 0 saturated heterocycles. The van der Waals surface area contributed by atoms with Gasteiger partial charge in [-0.15, -0.1) is 0 Å². The summed E-state index contributed by atoms with van der Waals surface area (Å²) < 4.78 is 2.15. The molecule has 0 bridgehead atoms. The van der Waals surface area contributed by atoms with Crippen molar-refractivity contribution in [1.29, 1.82) is 0 Å². The molecule has 2 heterocycles. The first kappa shape index (κ1) is 8.35. The second kappa shape index (κ2) is 4.12. The molecule has 2 aromatic rings. The predicted octanol–water partition coefficient (Wildman–Crippen LogP) is -0.473. The van der Waals surface area contributed by atoms with E-state index < -0.39 is 0 Å². The molecule has 0 N–H and O–H groups in total. The van der Waals surface area contributed by atoms with Gasteiger partial charge < -0.3 is 0 Å². The normalized spacial score (nSPS) is 9.85. The Labute approximate surface area is 82.4 Å². The van der Waals surface area contributed by atoms with Crippen molar-refractivity contribution in [2.24, 2.45) is 0 Å². The molecular formula is C9H7N3Se. The third-order valence-corrected chi connectivity index (χ3v) is 3.29. The van der Waals surface area contributed by atoms with Crippen molar-refractivity contribution in [3.8, 4) is 0 Å². The van der Waals surface area contributed by atoms with Gasteiger partial charge in [-0.25, -0.2) is 0 Å². The number of aromatic nitrogens is 3. The minimum atomic E-state index is 0.199. The number of nitrogens with zero attached hydrogens (tertiary/aromatic N) is 3. The molecule has 0 aliphatic carbocycles. The summed E-state index contributed by atoms with van der Waals surface area (Å²) in [6.45, 7) is 0. The van der Waals surface area contributed by atoms with Crippen molar-refractivity contribution in [1.82, 2.24) is 15.0 Å². The van der Waals surface area contributed by atoms with Crippen LogP contribution in [0, 0.1) is 0 Å². The molecule has 0 radical (unpaired) electrons. The summed E-state index contributed by atoms with van der Waals surface area (Å²) in [5.41, 5.74) is 0. The summed E-state index contributed by atoms with van der Waals surface area (Å²) >= 11 is 0.199. The third-order valence-electron chi connectivity index (χ3n) is 1.40. The summed E-state index contributed by atoms with van der Waals surface area (Å²) in [5.74, 6) is 0. The average Bonchev–Trinajstić information content (AvgIpc) is 2.21. The Bertz CT molecular complexity index is 326. The summed E-state index contributed by atoms with van der Waals surface area (Å²) in [6.07, 6.45) is 5.13. The fourth-order valence-electron chi connectivity index (χ4n) is 0.854. The van der Waals surface area contributed by atoms with E-state index in [1.807, 2.05) is 24.3 Å². The second-order valence-electron chi connectivity index (χ2n) is 2.32. The van der Waals surface area contributed by atoms with Crippen LogP contribution in [0.25, 0.3) is 0 Å². The van der Waals surface area contributed by atoms with Crippen LogP contribution in [0.3, 0.4) is 0 Å². The molecule has 0 saturated carbocycles. The molecule has 0 aromatic carbocycles. The number of hydrogen-bond acceptors (Lipinski definition) is 3. The van der Waals surface area contributed by atoms with Crippen LogP contribution < -0.4 is 9.18 Å². The maximum absolute atomic E-state index is 4.24. The van der Waals surface area contributed by atoms with E-state index in [2.05, 4.69) is 15.0 Å². The Hall–Kier alpha value is -1.25. The number of rotatable bonds is 2. The van der Waals surface area contributed by atoms with Gasteiger partial charge in [-0.1, -0.05) is 0 Å². The minimum absolute atomic E-state index is 0.199. The van der Waals surface area contributed by atoms with Gasteiger partial charge in [0.15, 0.2) is 0 Å². The zero-order valence-corrected chi connectivity index (χ0v) is 8.50. The summed E-state index contributed by atoms with van der Waals surface area (Å²) in [7, 11) is 0. The van der Waals surface area contributed by atoms with Crippen molar-refractivity contribution >= 4 is 24.1 Å². The van der Waals surface area contributed by atoms with Crippen LogP contribution in [-0.2, 0) is 0 Å². The van der Waals surface area contributed by atoms with E-state index in [0.29, 0.717) is 0 Å². The van der Waals surface area contributed by atoms with Crippen LogP contribution in [0.15, 0.2) is 43.0 Å². The van der Waals surface area contributed by atoms with Gasteiger partial charge in [0, 0.05) is 0 Å². The van der Waals surface area contributed by atoms with Crippen LogP contribution in [-0.4, -0.2) is 29.9 Å². The maximum atomic E-state index is 4.24. The molecule has 64 valence electrons. The molecule has 2 aromatic heterocycles. The van der Waals surface area contributed by atoms with Crippen LogP contribution >= 0.6 is 0 Å². The molecule has 4 heteroatoms. The summed E-state index contributed by atoms with van der Waals surface area (Å²) in [6, 6.07) is 7.85. The molecule has 0 atom stereocenters. The van der Waals surface area contributed by atoms with Crippen LogP contribution in [0.4, 0.5) is 0 Å². The zero-order chi connectivity index (χ0) is 8.93. The van der Waals surface area contributed by atoms with Crippen LogP contribution in [0.5, 0.6) is 0 Å². The van der Waals surface area contributed by atoms with E-state index in [-0.39, 0.29) is 15.0 Å². The quantitative estimate of drug-likeness (QED) is 0.661. The monoisotopic (exact) mass is 237 g/mol. The fourth-order valence-corrected chi connectivity index (χ4v) is 2.33. The van der Waals surface area contributed by atoms with E-state index in [4.69, 9.17) is 0 Å². The Balaban J connectivity index is 2.16. The van der Waals surface area contributed by atoms with Gasteiger partial charge in [0.2, 0.25) is 0 Å². The van der Waals surface area contributed by atoms with Crippen molar-refractivity contribution in [3.05, 3.63) is 43.0 Å². The molecule has 0 fully saturated rings. The van der Waals surface area contributed by atoms with Gasteiger partial charge in [0.25, 0.3) is 0 Å². The number of pyridine rings is 1. The molecule has 0 unspecified atom stereocenters. The molecule has 0 spiro atoms. The predicted molar refractivity (Wildman–Crippen MR) is 51.3 cm³/mol. The van der Waals surface area contributed by atoms with E-state index in [1.165, 1.54) is 0 Å². The van der Waals surface area contributed by atoms with Crippen molar-refractivity contribution in [2.45, 2.75) is 0 Å². The standard InChI is InChI=1S/C9H7N3Se/c1-2-5-11-8(3-1)13-9-4-6-10-7-12-9/h1-7H. The summed E-state index contributed by atoms with van der Waals surface area (Å²) in [5, 5.41) is 0. The second-order valence-corrected chi connectivity index (χ2v) is 4.50. The molecule has 0 aliphatic rings. The first-order valence-corrected chi connectivity index (χ1v) is 5.51. The van der Waals surface area contributed by atoms with Gasteiger partial charge in [-0.05, 0) is 0 Å². The van der Waals surface area contributed by atoms with Gasteiger partial charge in [0.1, 0.15) is 0 Å². The Morgan fingerprint density at radius 2 is 1.85 bits per heavy atom. The molecule has 3 nitrogen and oxygen atoms in total. The zero-order valence-electron chi connectivity index (χ0n) is 6.79. The molecular weight excluding hydrogens is 229 g/mol. The van der Waals surface area contributed by atoms with Gasteiger partial charge in [-0.3, -0.25) is 0 Å².